The van der Waals surface area contributed by atoms with Crippen molar-refractivity contribution in [2.24, 2.45) is 0 Å². The molecule has 1 heterocycles. The Morgan fingerprint density at radius 3 is 3.00 bits per heavy atom. The molecule has 1 aliphatic rings. The zero-order valence-corrected chi connectivity index (χ0v) is 13.0. The maximum absolute atomic E-state index is 12.1. The van der Waals surface area contributed by atoms with Crippen LogP contribution in [0.4, 0.5) is 0 Å². The maximum atomic E-state index is 12.1. The van der Waals surface area contributed by atoms with Crippen LogP contribution in [0.2, 0.25) is 5.02 Å². The Bertz CT molecular complexity index is 447. The number of halogens is 2. The minimum Gasteiger partial charge on any atom is -0.376 e. The molecule has 0 spiro atoms. The SMILES string of the molecule is C[C@H](NC(=O)c1ccc(Cl)cc1I)[C@H]1CCCO1. The molecule has 0 radical (unpaired) electrons. The number of ether oxygens (including phenoxy) is 1. The first-order valence-corrected chi connectivity index (χ1v) is 7.41. The molecule has 1 N–H and O–H groups in total. The highest BCUT2D eigenvalue weighted by molar-refractivity contribution is 14.1. The molecule has 1 fully saturated rings. The van der Waals surface area contributed by atoms with E-state index < -0.39 is 0 Å². The van der Waals surface area contributed by atoms with Crippen LogP contribution in [-0.4, -0.2) is 24.7 Å². The van der Waals surface area contributed by atoms with Gasteiger partial charge in [0.05, 0.1) is 17.7 Å². The standard InChI is InChI=1S/C13H15ClINO2/c1-8(12-3-2-6-18-12)16-13(17)10-5-4-9(14)7-11(10)15/h4-5,7-8,12H,2-3,6H2,1H3,(H,16,17)/t8-,12+/m0/s1. The summed E-state index contributed by atoms with van der Waals surface area (Å²) >= 11 is 7.99. The van der Waals surface area contributed by atoms with E-state index in [2.05, 4.69) is 27.9 Å². The van der Waals surface area contributed by atoms with E-state index in [1.54, 1.807) is 18.2 Å². The molecule has 98 valence electrons. The van der Waals surface area contributed by atoms with Crippen LogP contribution in [-0.2, 0) is 4.74 Å². The zero-order valence-electron chi connectivity index (χ0n) is 10.1. The van der Waals surface area contributed by atoms with Crippen molar-refractivity contribution in [3.63, 3.8) is 0 Å². The lowest BCUT2D eigenvalue weighted by Crippen LogP contribution is -2.41. The molecule has 3 nitrogen and oxygen atoms in total. The van der Waals surface area contributed by atoms with Crippen LogP contribution < -0.4 is 5.32 Å². The minimum atomic E-state index is -0.0703. The first-order valence-electron chi connectivity index (χ1n) is 5.95. The second-order valence-corrected chi connectivity index (χ2v) is 6.04. The van der Waals surface area contributed by atoms with Crippen molar-refractivity contribution < 1.29 is 9.53 Å². The normalized spacial score (nSPS) is 20.7. The quantitative estimate of drug-likeness (QED) is 0.819. The molecular formula is C13H15ClINO2. The predicted molar refractivity (Wildman–Crippen MR) is 80.1 cm³/mol. The van der Waals surface area contributed by atoms with Crippen molar-refractivity contribution in [3.8, 4) is 0 Å². The second-order valence-electron chi connectivity index (χ2n) is 4.44. The molecule has 1 aliphatic heterocycles. The summed E-state index contributed by atoms with van der Waals surface area (Å²) in [6.45, 7) is 2.78. The zero-order chi connectivity index (χ0) is 13.1. The van der Waals surface area contributed by atoms with Crippen LogP contribution in [0, 0.1) is 3.57 Å². The summed E-state index contributed by atoms with van der Waals surface area (Å²) in [7, 11) is 0. The van der Waals surface area contributed by atoms with Gasteiger partial charge in [-0.2, -0.15) is 0 Å². The summed E-state index contributed by atoms with van der Waals surface area (Å²) in [5.74, 6) is -0.0703. The van der Waals surface area contributed by atoms with Gasteiger partial charge in [0.15, 0.2) is 0 Å². The number of carbonyl (C=O) groups excluding carboxylic acids is 1. The third-order valence-electron chi connectivity index (χ3n) is 3.06. The van der Waals surface area contributed by atoms with E-state index >= 15 is 0 Å². The van der Waals surface area contributed by atoms with Gasteiger partial charge in [0, 0.05) is 15.2 Å². The molecule has 0 saturated carbocycles. The third-order valence-corrected chi connectivity index (χ3v) is 4.18. The second kappa shape index (κ2) is 6.21. The lowest BCUT2D eigenvalue weighted by Gasteiger charge is -2.20. The molecular weight excluding hydrogens is 365 g/mol. The molecule has 5 heteroatoms. The fourth-order valence-electron chi connectivity index (χ4n) is 2.05. The first-order chi connectivity index (χ1) is 8.58. The third kappa shape index (κ3) is 3.36. The van der Waals surface area contributed by atoms with Gasteiger partial charge in [-0.1, -0.05) is 11.6 Å². The Kier molecular flexibility index (Phi) is 4.86. The van der Waals surface area contributed by atoms with E-state index in [-0.39, 0.29) is 18.1 Å². The van der Waals surface area contributed by atoms with Crippen molar-refractivity contribution in [2.45, 2.75) is 31.9 Å². The first kappa shape index (κ1) is 14.1. The maximum Gasteiger partial charge on any atom is 0.252 e. The smallest absolute Gasteiger partial charge is 0.252 e. The van der Waals surface area contributed by atoms with Gasteiger partial charge in [-0.3, -0.25) is 4.79 Å². The van der Waals surface area contributed by atoms with Gasteiger partial charge in [0.2, 0.25) is 0 Å². The van der Waals surface area contributed by atoms with Crippen LogP contribution in [0.1, 0.15) is 30.1 Å². The van der Waals surface area contributed by atoms with E-state index in [1.807, 2.05) is 6.92 Å². The van der Waals surface area contributed by atoms with Crippen LogP contribution in [0.5, 0.6) is 0 Å². The fourth-order valence-corrected chi connectivity index (χ4v) is 3.16. The van der Waals surface area contributed by atoms with Crippen molar-refractivity contribution in [1.82, 2.24) is 5.32 Å². The Morgan fingerprint density at radius 2 is 2.39 bits per heavy atom. The number of nitrogens with one attached hydrogen (secondary N) is 1. The van der Waals surface area contributed by atoms with Crippen molar-refractivity contribution in [3.05, 3.63) is 32.4 Å². The fraction of sp³-hybridized carbons (Fsp3) is 0.462. The molecule has 0 unspecified atom stereocenters. The Labute approximate surface area is 125 Å². The molecule has 18 heavy (non-hydrogen) atoms. The van der Waals surface area contributed by atoms with Gasteiger partial charge in [0.25, 0.3) is 5.91 Å². The molecule has 1 saturated heterocycles. The summed E-state index contributed by atoms with van der Waals surface area (Å²) in [4.78, 5) is 12.1. The van der Waals surface area contributed by atoms with E-state index in [4.69, 9.17) is 16.3 Å². The molecule has 0 aliphatic carbocycles. The summed E-state index contributed by atoms with van der Waals surface area (Å²) in [5.41, 5.74) is 0.657. The Morgan fingerprint density at radius 1 is 1.61 bits per heavy atom. The van der Waals surface area contributed by atoms with Gasteiger partial charge < -0.3 is 10.1 Å². The van der Waals surface area contributed by atoms with Crippen molar-refractivity contribution >= 4 is 40.1 Å². The van der Waals surface area contributed by atoms with Gasteiger partial charge in [-0.05, 0) is 60.6 Å². The van der Waals surface area contributed by atoms with Gasteiger partial charge >= 0.3 is 0 Å². The molecule has 1 aromatic rings. The average Bonchev–Trinajstić information content (AvgIpc) is 2.81. The van der Waals surface area contributed by atoms with Crippen LogP contribution in [0.3, 0.4) is 0 Å². The molecule has 2 rings (SSSR count). The topological polar surface area (TPSA) is 38.3 Å². The van der Waals surface area contributed by atoms with Crippen LogP contribution in [0.15, 0.2) is 18.2 Å². The molecule has 1 amide bonds. The number of benzene rings is 1. The van der Waals surface area contributed by atoms with E-state index in [0.29, 0.717) is 10.6 Å². The predicted octanol–water partition coefficient (Wildman–Crippen LogP) is 3.24. The number of rotatable bonds is 3. The summed E-state index contributed by atoms with van der Waals surface area (Å²) in [5, 5.41) is 3.63. The Balaban J connectivity index is 2.02. The van der Waals surface area contributed by atoms with E-state index in [9.17, 15) is 4.79 Å². The Hall–Kier alpha value is -0.330. The lowest BCUT2D eigenvalue weighted by molar-refractivity contribution is 0.0712. The van der Waals surface area contributed by atoms with Gasteiger partial charge in [-0.15, -0.1) is 0 Å². The van der Waals surface area contributed by atoms with Gasteiger partial charge in [-0.25, -0.2) is 0 Å². The highest BCUT2D eigenvalue weighted by Crippen LogP contribution is 2.19. The van der Waals surface area contributed by atoms with Crippen LogP contribution in [0.25, 0.3) is 0 Å². The molecule has 0 bridgehead atoms. The van der Waals surface area contributed by atoms with Crippen molar-refractivity contribution in [2.75, 3.05) is 6.61 Å². The highest BCUT2D eigenvalue weighted by atomic mass is 127. The largest absolute Gasteiger partial charge is 0.376 e. The molecule has 1 aromatic carbocycles. The monoisotopic (exact) mass is 379 g/mol. The molecule has 2 atom stereocenters. The number of amides is 1. The summed E-state index contributed by atoms with van der Waals surface area (Å²) in [6, 6.07) is 5.30. The summed E-state index contributed by atoms with van der Waals surface area (Å²) < 4.78 is 6.42. The van der Waals surface area contributed by atoms with Gasteiger partial charge in [0.1, 0.15) is 0 Å². The average molecular weight is 380 g/mol. The van der Waals surface area contributed by atoms with E-state index in [0.717, 1.165) is 23.0 Å². The number of hydrogen-bond donors (Lipinski definition) is 1. The highest BCUT2D eigenvalue weighted by Gasteiger charge is 2.24. The van der Waals surface area contributed by atoms with E-state index in [1.165, 1.54) is 0 Å². The van der Waals surface area contributed by atoms with Crippen molar-refractivity contribution in [1.29, 1.82) is 0 Å². The minimum absolute atomic E-state index is 0.0338. The number of hydrogen-bond acceptors (Lipinski definition) is 2. The number of carbonyl (C=O) groups is 1. The lowest BCUT2D eigenvalue weighted by atomic mass is 10.1. The molecule has 0 aromatic heterocycles. The summed E-state index contributed by atoms with van der Waals surface area (Å²) in [6.07, 6.45) is 2.22. The van der Waals surface area contributed by atoms with Crippen LogP contribution >= 0.6 is 34.2 Å².